The molecule has 5 rings (SSSR count). The van der Waals surface area contributed by atoms with Crippen molar-refractivity contribution in [3.05, 3.63) is 115 Å². The van der Waals surface area contributed by atoms with Crippen LogP contribution in [0.2, 0.25) is 0 Å². The van der Waals surface area contributed by atoms with Gasteiger partial charge in [0.2, 0.25) is 0 Å². The second-order valence-corrected chi connectivity index (χ2v) is 7.38. The number of aromatic nitrogens is 2. The predicted octanol–water partition coefficient (Wildman–Crippen LogP) is 6.41. The molecule has 152 valence electrons. The molecule has 32 heavy (non-hydrogen) atoms. The molecule has 3 aromatic carbocycles. The fourth-order valence-electron chi connectivity index (χ4n) is 3.79. The molecule has 0 spiro atoms. The Morgan fingerprint density at radius 3 is 2.38 bits per heavy atom. The van der Waals surface area contributed by atoms with Crippen molar-refractivity contribution >= 4 is 10.9 Å². The van der Waals surface area contributed by atoms with E-state index in [-0.39, 0.29) is 0 Å². The molecule has 4 nitrogen and oxygen atoms in total. The van der Waals surface area contributed by atoms with E-state index in [2.05, 4.69) is 22.1 Å². The van der Waals surface area contributed by atoms with Gasteiger partial charge < -0.3 is 4.74 Å². The Morgan fingerprint density at radius 1 is 0.750 bits per heavy atom. The molecule has 0 atom stereocenters. The molecule has 0 N–H and O–H groups in total. The Hall–Kier alpha value is -4.49. The van der Waals surface area contributed by atoms with Gasteiger partial charge in [-0.25, -0.2) is 4.98 Å². The fraction of sp³-hybridized carbons (Fsp3) is 0.0357. The first-order chi connectivity index (χ1) is 15.8. The Balaban J connectivity index is 1.40. The normalized spacial score (nSPS) is 10.6. The number of hydrogen-bond donors (Lipinski definition) is 0. The molecule has 5 aromatic rings. The number of nitriles is 1. The van der Waals surface area contributed by atoms with E-state index < -0.39 is 0 Å². The van der Waals surface area contributed by atoms with Crippen LogP contribution in [0.15, 0.2) is 103 Å². The van der Waals surface area contributed by atoms with Gasteiger partial charge in [0.1, 0.15) is 12.4 Å². The standard InChI is InChI=1S/C28H19N3O/c29-18-23-5-3-6-26(28(23)22-14-16-30-17-15-22)20-9-12-25(13-10-20)32-19-24-11-8-21-4-1-2-7-27(21)31-24/h1-17H,19H2. The van der Waals surface area contributed by atoms with Crippen LogP contribution in [-0.4, -0.2) is 9.97 Å². The zero-order valence-electron chi connectivity index (χ0n) is 17.3. The molecule has 0 aliphatic carbocycles. The molecule has 0 amide bonds. The summed E-state index contributed by atoms with van der Waals surface area (Å²) in [5.74, 6) is 0.769. The van der Waals surface area contributed by atoms with Crippen LogP contribution >= 0.6 is 0 Å². The first-order valence-electron chi connectivity index (χ1n) is 10.3. The van der Waals surface area contributed by atoms with Gasteiger partial charge in [0, 0.05) is 23.3 Å². The lowest BCUT2D eigenvalue weighted by molar-refractivity contribution is 0.302. The van der Waals surface area contributed by atoms with Crippen molar-refractivity contribution in [2.75, 3.05) is 0 Å². The van der Waals surface area contributed by atoms with Crippen molar-refractivity contribution in [3.8, 4) is 34.1 Å². The molecule has 4 heteroatoms. The van der Waals surface area contributed by atoms with Gasteiger partial charge in [0.15, 0.2) is 0 Å². The molecular formula is C28H19N3O. The highest BCUT2D eigenvalue weighted by Crippen LogP contribution is 2.35. The van der Waals surface area contributed by atoms with Crippen LogP contribution in [-0.2, 0) is 6.61 Å². The van der Waals surface area contributed by atoms with Crippen molar-refractivity contribution < 1.29 is 4.74 Å². The predicted molar refractivity (Wildman–Crippen MR) is 126 cm³/mol. The van der Waals surface area contributed by atoms with E-state index in [1.807, 2.05) is 84.9 Å². The number of pyridine rings is 2. The molecule has 2 aromatic heterocycles. The minimum atomic E-state index is 0.399. The SMILES string of the molecule is N#Cc1cccc(-c2ccc(OCc3ccc4ccccc4n3)cc2)c1-c1ccncc1. The van der Waals surface area contributed by atoms with E-state index in [4.69, 9.17) is 4.74 Å². The lowest BCUT2D eigenvalue weighted by atomic mass is 9.91. The molecule has 0 aliphatic heterocycles. The van der Waals surface area contributed by atoms with E-state index in [9.17, 15) is 5.26 Å². The maximum absolute atomic E-state index is 9.65. The molecular weight excluding hydrogens is 394 g/mol. The van der Waals surface area contributed by atoms with Crippen LogP contribution in [0, 0.1) is 11.3 Å². The molecule has 0 unspecified atom stereocenters. The molecule has 0 radical (unpaired) electrons. The average molecular weight is 413 g/mol. The van der Waals surface area contributed by atoms with Gasteiger partial charge in [-0.2, -0.15) is 5.26 Å². The van der Waals surface area contributed by atoms with Crippen LogP contribution < -0.4 is 4.74 Å². The topological polar surface area (TPSA) is 58.8 Å². The zero-order valence-corrected chi connectivity index (χ0v) is 17.3. The number of rotatable bonds is 5. The molecule has 0 saturated heterocycles. The lowest BCUT2D eigenvalue weighted by Crippen LogP contribution is -1.98. The second kappa shape index (κ2) is 8.71. The van der Waals surface area contributed by atoms with E-state index in [0.29, 0.717) is 12.2 Å². The highest BCUT2D eigenvalue weighted by molar-refractivity contribution is 5.87. The number of hydrogen-bond acceptors (Lipinski definition) is 4. The monoisotopic (exact) mass is 413 g/mol. The van der Waals surface area contributed by atoms with Gasteiger partial charge >= 0.3 is 0 Å². The summed E-state index contributed by atoms with van der Waals surface area (Å²) in [5, 5.41) is 10.8. The molecule has 0 saturated carbocycles. The number of fused-ring (bicyclic) bond motifs is 1. The van der Waals surface area contributed by atoms with E-state index in [1.165, 1.54) is 0 Å². The zero-order chi connectivity index (χ0) is 21.8. The smallest absolute Gasteiger partial charge is 0.130 e. The maximum Gasteiger partial charge on any atom is 0.130 e. The second-order valence-electron chi connectivity index (χ2n) is 7.38. The summed E-state index contributed by atoms with van der Waals surface area (Å²) in [5.41, 5.74) is 6.38. The third-order valence-electron chi connectivity index (χ3n) is 5.36. The van der Waals surface area contributed by atoms with Gasteiger partial charge in [-0.15, -0.1) is 0 Å². The van der Waals surface area contributed by atoms with Crippen LogP contribution in [0.3, 0.4) is 0 Å². The van der Waals surface area contributed by atoms with Crippen LogP contribution in [0.1, 0.15) is 11.3 Å². The average Bonchev–Trinajstić information content (AvgIpc) is 2.87. The largest absolute Gasteiger partial charge is 0.487 e. The summed E-state index contributed by atoms with van der Waals surface area (Å²) in [6.07, 6.45) is 3.48. The molecule has 0 bridgehead atoms. The first kappa shape index (κ1) is 19.5. The highest BCUT2D eigenvalue weighted by atomic mass is 16.5. The van der Waals surface area contributed by atoms with Crippen molar-refractivity contribution in [3.63, 3.8) is 0 Å². The van der Waals surface area contributed by atoms with Crippen LogP contribution in [0.4, 0.5) is 0 Å². The number of para-hydroxylation sites is 1. The number of nitrogens with zero attached hydrogens (tertiary/aromatic N) is 3. The van der Waals surface area contributed by atoms with E-state index in [1.54, 1.807) is 12.4 Å². The Bertz CT molecular complexity index is 1420. The summed E-state index contributed by atoms with van der Waals surface area (Å²) < 4.78 is 5.97. The summed E-state index contributed by atoms with van der Waals surface area (Å²) in [6.45, 7) is 0.399. The lowest BCUT2D eigenvalue weighted by Gasteiger charge is -2.13. The number of ether oxygens (including phenoxy) is 1. The van der Waals surface area contributed by atoms with E-state index in [0.717, 1.165) is 44.6 Å². The summed E-state index contributed by atoms with van der Waals surface area (Å²) >= 11 is 0. The van der Waals surface area contributed by atoms with Crippen LogP contribution in [0.5, 0.6) is 5.75 Å². The van der Waals surface area contributed by atoms with Crippen LogP contribution in [0.25, 0.3) is 33.2 Å². The third kappa shape index (κ3) is 3.92. The number of benzene rings is 3. The van der Waals surface area contributed by atoms with Crippen molar-refractivity contribution in [2.45, 2.75) is 6.61 Å². The highest BCUT2D eigenvalue weighted by Gasteiger charge is 2.12. The van der Waals surface area contributed by atoms with Crippen molar-refractivity contribution in [1.29, 1.82) is 5.26 Å². The van der Waals surface area contributed by atoms with Gasteiger partial charge in [-0.05, 0) is 59.2 Å². The van der Waals surface area contributed by atoms with Gasteiger partial charge in [0.05, 0.1) is 22.8 Å². The Kier molecular flexibility index (Phi) is 5.30. The van der Waals surface area contributed by atoms with Crippen molar-refractivity contribution in [2.24, 2.45) is 0 Å². The minimum Gasteiger partial charge on any atom is -0.487 e. The van der Waals surface area contributed by atoms with Crippen molar-refractivity contribution in [1.82, 2.24) is 9.97 Å². The van der Waals surface area contributed by atoms with Gasteiger partial charge in [-0.1, -0.05) is 48.5 Å². The quantitative estimate of drug-likeness (QED) is 0.334. The fourth-order valence-corrected chi connectivity index (χ4v) is 3.79. The summed E-state index contributed by atoms with van der Waals surface area (Å²) in [6, 6.07) is 32.0. The third-order valence-corrected chi connectivity index (χ3v) is 5.36. The van der Waals surface area contributed by atoms with Gasteiger partial charge in [-0.3, -0.25) is 4.98 Å². The van der Waals surface area contributed by atoms with E-state index >= 15 is 0 Å². The first-order valence-corrected chi connectivity index (χ1v) is 10.3. The Labute approximate surface area is 186 Å². The van der Waals surface area contributed by atoms with Gasteiger partial charge in [0.25, 0.3) is 0 Å². The summed E-state index contributed by atoms with van der Waals surface area (Å²) in [7, 11) is 0. The molecule has 0 aliphatic rings. The summed E-state index contributed by atoms with van der Waals surface area (Å²) in [4.78, 5) is 8.76. The molecule has 0 fully saturated rings. The maximum atomic E-state index is 9.65. The molecule has 2 heterocycles. The Morgan fingerprint density at radius 2 is 1.56 bits per heavy atom. The minimum absolute atomic E-state index is 0.399.